The maximum atomic E-state index is 12.9. The van der Waals surface area contributed by atoms with Crippen LogP contribution in [0.15, 0.2) is 59.5 Å². The standard InChI is InChI=1S/C28H34N6O2/c35-27(21-9-11-23(12-10-21)34-16-2-1-3-17-34)32-25-19-22(20-30-28(25)36)24-7-6-8-26(31-24)29-13-18-33-14-4-5-15-33/h6-12,19-20H,1-5,13-18H2,(H,29,31)(H,30,36)(H,32,35). The number of anilines is 3. The molecule has 8 nitrogen and oxygen atoms in total. The van der Waals surface area contributed by atoms with Crippen LogP contribution in [0.5, 0.6) is 0 Å². The molecular formula is C28H34N6O2. The third-order valence-corrected chi connectivity index (χ3v) is 6.98. The van der Waals surface area contributed by atoms with E-state index in [1.54, 1.807) is 12.3 Å². The second-order valence-electron chi connectivity index (χ2n) is 9.56. The molecule has 0 atom stereocenters. The predicted molar refractivity (Wildman–Crippen MR) is 145 cm³/mol. The van der Waals surface area contributed by atoms with Gasteiger partial charge in [0, 0.05) is 49.2 Å². The minimum Gasteiger partial charge on any atom is -0.372 e. The van der Waals surface area contributed by atoms with Gasteiger partial charge in [-0.25, -0.2) is 4.98 Å². The van der Waals surface area contributed by atoms with Crippen molar-refractivity contribution in [2.75, 3.05) is 54.8 Å². The fourth-order valence-electron chi connectivity index (χ4n) is 4.94. The summed E-state index contributed by atoms with van der Waals surface area (Å²) in [7, 11) is 0. The first kappa shape index (κ1) is 24.1. The van der Waals surface area contributed by atoms with Crippen molar-refractivity contribution in [1.29, 1.82) is 0 Å². The minimum absolute atomic E-state index is 0.201. The first-order valence-electron chi connectivity index (χ1n) is 13.0. The number of nitrogens with one attached hydrogen (secondary N) is 3. The topological polar surface area (TPSA) is 93.4 Å². The third kappa shape index (κ3) is 5.94. The van der Waals surface area contributed by atoms with Gasteiger partial charge in [-0.15, -0.1) is 0 Å². The number of pyridine rings is 2. The number of carbonyl (C=O) groups excluding carboxylic acids is 1. The van der Waals surface area contributed by atoms with E-state index in [1.165, 1.54) is 45.2 Å². The highest BCUT2D eigenvalue weighted by molar-refractivity contribution is 6.04. The number of aromatic nitrogens is 2. The summed E-state index contributed by atoms with van der Waals surface area (Å²) >= 11 is 0. The largest absolute Gasteiger partial charge is 0.372 e. The van der Waals surface area contributed by atoms with Gasteiger partial charge < -0.3 is 25.4 Å². The highest BCUT2D eigenvalue weighted by atomic mass is 16.2. The van der Waals surface area contributed by atoms with Crippen LogP contribution in [-0.2, 0) is 0 Å². The van der Waals surface area contributed by atoms with Gasteiger partial charge in [0.05, 0.1) is 5.69 Å². The summed E-state index contributed by atoms with van der Waals surface area (Å²) in [4.78, 5) is 37.6. The number of hydrogen-bond acceptors (Lipinski definition) is 6. The number of carbonyl (C=O) groups is 1. The SMILES string of the molecule is O=C(Nc1cc(-c2cccc(NCCN3CCCC3)n2)c[nH]c1=O)c1ccc(N2CCCCC2)cc1. The van der Waals surface area contributed by atoms with E-state index in [1.807, 2.05) is 42.5 Å². The molecule has 0 bridgehead atoms. The second-order valence-corrected chi connectivity index (χ2v) is 9.56. The molecule has 188 valence electrons. The lowest BCUT2D eigenvalue weighted by Gasteiger charge is -2.28. The van der Waals surface area contributed by atoms with Gasteiger partial charge in [-0.05, 0) is 87.7 Å². The summed E-state index contributed by atoms with van der Waals surface area (Å²) in [6.45, 7) is 6.28. The average molecular weight is 487 g/mol. The smallest absolute Gasteiger partial charge is 0.271 e. The first-order chi connectivity index (χ1) is 17.7. The molecule has 0 saturated carbocycles. The van der Waals surface area contributed by atoms with Gasteiger partial charge in [-0.3, -0.25) is 9.59 Å². The van der Waals surface area contributed by atoms with Crippen LogP contribution in [0.2, 0.25) is 0 Å². The average Bonchev–Trinajstić information content (AvgIpc) is 3.44. The number of nitrogens with zero attached hydrogens (tertiary/aromatic N) is 3. The Morgan fingerprint density at radius 2 is 1.69 bits per heavy atom. The molecule has 2 aliphatic rings. The zero-order chi connectivity index (χ0) is 24.7. The molecule has 2 aliphatic heterocycles. The van der Waals surface area contributed by atoms with E-state index in [0.717, 1.165) is 48.9 Å². The Balaban J connectivity index is 1.24. The molecule has 0 unspecified atom stereocenters. The van der Waals surface area contributed by atoms with Crippen LogP contribution in [0.4, 0.5) is 17.2 Å². The molecular weight excluding hydrogens is 452 g/mol. The summed E-state index contributed by atoms with van der Waals surface area (Å²) in [5.74, 6) is 0.477. The molecule has 8 heteroatoms. The Hall–Kier alpha value is -3.65. The van der Waals surface area contributed by atoms with E-state index in [2.05, 4.69) is 25.4 Å². The molecule has 5 rings (SSSR count). The van der Waals surface area contributed by atoms with Gasteiger partial charge in [0.15, 0.2) is 0 Å². The molecule has 2 aromatic heterocycles. The maximum absolute atomic E-state index is 12.9. The minimum atomic E-state index is -0.350. The molecule has 2 fully saturated rings. The molecule has 0 aliphatic carbocycles. The Bertz CT molecular complexity index is 1230. The molecule has 4 heterocycles. The fraction of sp³-hybridized carbons (Fsp3) is 0.393. The highest BCUT2D eigenvalue weighted by Crippen LogP contribution is 2.22. The molecule has 36 heavy (non-hydrogen) atoms. The van der Waals surface area contributed by atoms with Crippen molar-refractivity contribution < 1.29 is 4.79 Å². The predicted octanol–water partition coefficient (Wildman–Crippen LogP) is 4.19. The van der Waals surface area contributed by atoms with Crippen LogP contribution >= 0.6 is 0 Å². The summed E-state index contributed by atoms with van der Waals surface area (Å²) in [6, 6.07) is 15.0. The van der Waals surface area contributed by atoms with Gasteiger partial charge in [-0.2, -0.15) is 0 Å². The van der Waals surface area contributed by atoms with E-state index < -0.39 is 0 Å². The van der Waals surface area contributed by atoms with Crippen LogP contribution in [0.1, 0.15) is 42.5 Å². The number of benzene rings is 1. The number of piperidine rings is 1. The van der Waals surface area contributed by atoms with Crippen LogP contribution in [-0.4, -0.2) is 60.0 Å². The Labute approximate surface area is 211 Å². The van der Waals surface area contributed by atoms with Crippen molar-refractivity contribution in [3.63, 3.8) is 0 Å². The lowest BCUT2D eigenvalue weighted by Crippen LogP contribution is -2.29. The summed E-state index contributed by atoms with van der Waals surface area (Å²) < 4.78 is 0. The number of amides is 1. The Morgan fingerprint density at radius 1 is 0.944 bits per heavy atom. The van der Waals surface area contributed by atoms with Crippen molar-refractivity contribution in [3.8, 4) is 11.3 Å². The summed E-state index contributed by atoms with van der Waals surface area (Å²) in [6.07, 6.45) is 7.87. The molecule has 3 aromatic rings. The zero-order valence-corrected chi connectivity index (χ0v) is 20.6. The third-order valence-electron chi connectivity index (χ3n) is 6.98. The molecule has 2 saturated heterocycles. The van der Waals surface area contributed by atoms with Crippen molar-refractivity contribution >= 4 is 23.1 Å². The van der Waals surface area contributed by atoms with Crippen molar-refractivity contribution in [2.24, 2.45) is 0 Å². The monoisotopic (exact) mass is 486 g/mol. The molecule has 3 N–H and O–H groups in total. The first-order valence-corrected chi connectivity index (χ1v) is 13.0. The lowest BCUT2D eigenvalue weighted by molar-refractivity contribution is 0.102. The van der Waals surface area contributed by atoms with Crippen molar-refractivity contribution in [2.45, 2.75) is 32.1 Å². The van der Waals surface area contributed by atoms with Crippen molar-refractivity contribution in [3.05, 3.63) is 70.6 Å². The Kier molecular flexibility index (Phi) is 7.61. The number of H-pyrrole nitrogens is 1. The van der Waals surface area contributed by atoms with E-state index in [9.17, 15) is 9.59 Å². The summed E-state index contributed by atoms with van der Waals surface area (Å²) in [5, 5.41) is 6.16. The zero-order valence-electron chi connectivity index (χ0n) is 20.6. The Morgan fingerprint density at radius 3 is 2.47 bits per heavy atom. The van der Waals surface area contributed by atoms with E-state index >= 15 is 0 Å². The second kappa shape index (κ2) is 11.4. The van der Waals surface area contributed by atoms with E-state index in [-0.39, 0.29) is 17.2 Å². The van der Waals surface area contributed by atoms with E-state index in [4.69, 9.17) is 4.98 Å². The molecule has 1 aromatic carbocycles. The molecule has 0 radical (unpaired) electrons. The summed E-state index contributed by atoms with van der Waals surface area (Å²) in [5.41, 5.74) is 2.95. The van der Waals surface area contributed by atoms with Gasteiger partial charge in [0.2, 0.25) is 0 Å². The fourth-order valence-corrected chi connectivity index (χ4v) is 4.94. The number of aromatic amines is 1. The molecule has 1 amide bonds. The number of likely N-dealkylation sites (tertiary alicyclic amines) is 1. The lowest BCUT2D eigenvalue weighted by atomic mass is 10.1. The quantitative estimate of drug-likeness (QED) is 0.442. The highest BCUT2D eigenvalue weighted by Gasteiger charge is 2.14. The number of hydrogen-bond donors (Lipinski definition) is 3. The van der Waals surface area contributed by atoms with Crippen LogP contribution in [0.25, 0.3) is 11.3 Å². The maximum Gasteiger partial charge on any atom is 0.271 e. The van der Waals surface area contributed by atoms with Crippen molar-refractivity contribution in [1.82, 2.24) is 14.9 Å². The molecule has 0 spiro atoms. The van der Waals surface area contributed by atoms with Crippen LogP contribution < -0.4 is 21.1 Å². The van der Waals surface area contributed by atoms with Gasteiger partial charge >= 0.3 is 0 Å². The normalized spacial score (nSPS) is 16.2. The van der Waals surface area contributed by atoms with Gasteiger partial charge in [0.1, 0.15) is 11.5 Å². The van der Waals surface area contributed by atoms with E-state index in [0.29, 0.717) is 5.56 Å². The van der Waals surface area contributed by atoms with Crippen LogP contribution in [0.3, 0.4) is 0 Å². The van der Waals surface area contributed by atoms with Crippen LogP contribution in [0, 0.1) is 0 Å². The van der Waals surface area contributed by atoms with Gasteiger partial charge in [-0.1, -0.05) is 6.07 Å². The van der Waals surface area contributed by atoms with Gasteiger partial charge in [0.25, 0.3) is 11.5 Å². The number of rotatable bonds is 8.